The third-order valence-corrected chi connectivity index (χ3v) is 2.85. The summed E-state index contributed by atoms with van der Waals surface area (Å²) < 4.78 is 5.66. The number of carboxylic acid groups (broad SMARTS) is 1. The third-order valence-electron chi connectivity index (χ3n) is 2.85. The molecule has 0 saturated carbocycles. The van der Waals surface area contributed by atoms with E-state index < -0.39 is 5.97 Å². The predicted octanol–water partition coefficient (Wildman–Crippen LogP) is 3.11. The quantitative estimate of drug-likeness (QED) is 0.783. The summed E-state index contributed by atoms with van der Waals surface area (Å²) in [4.78, 5) is 10.7. The van der Waals surface area contributed by atoms with E-state index in [4.69, 9.17) is 9.84 Å². The number of carboxylic acids is 1. The fourth-order valence-corrected chi connectivity index (χ4v) is 1.71. The Morgan fingerprint density at radius 1 is 1.10 bits per heavy atom. The molecule has 0 fully saturated rings. The SMILES string of the molecule is CC(=Cc1ccc(OCc2ccccc2)cc1)C(=O)O.[CsH]. The molecule has 2 rings (SSSR count). The molecule has 3 nitrogen and oxygen atoms in total. The van der Waals surface area contributed by atoms with Crippen LogP contribution in [-0.4, -0.2) is 80.0 Å². The Hall–Kier alpha value is -0.498. The van der Waals surface area contributed by atoms with Crippen molar-refractivity contribution in [3.05, 3.63) is 71.3 Å². The van der Waals surface area contributed by atoms with Crippen LogP contribution in [0, 0.1) is 0 Å². The van der Waals surface area contributed by atoms with Crippen molar-refractivity contribution in [1.82, 2.24) is 0 Å². The van der Waals surface area contributed by atoms with E-state index in [1.807, 2.05) is 54.6 Å². The van der Waals surface area contributed by atoms with Crippen LogP contribution in [0.5, 0.6) is 5.75 Å². The topological polar surface area (TPSA) is 46.5 Å². The van der Waals surface area contributed by atoms with Crippen LogP contribution in [0.25, 0.3) is 6.08 Å². The van der Waals surface area contributed by atoms with Crippen molar-refractivity contribution in [3.8, 4) is 5.75 Å². The van der Waals surface area contributed by atoms with E-state index in [-0.39, 0.29) is 68.9 Å². The maximum atomic E-state index is 10.7. The van der Waals surface area contributed by atoms with Crippen LogP contribution in [-0.2, 0) is 11.4 Å². The van der Waals surface area contributed by atoms with Gasteiger partial charge in [-0.2, -0.15) is 0 Å². The molecule has 0 aliphatic rings. The first-order valence-electron chi connectivity index (χ1n) is 6.33. The molecule has 0 spiro atoms. The Bertz CT molecular complexity index is 604. The fourth-order valence-electron chi connectivity index (χ4n) is 1.71. The Kier molecular flexibility index (Phi) is 8.40. The molecular formula is C17H17CsO3. The van der Waals surface area contributed by atoms with Gasteiger partial charge in [-0.1, -0.05) is 42.5 Å². The summed E-state index contributed by atoms with van der Waals surface area (Å²) >= 11 is 0. The number of carbonyl (C=O) groups is 1. The summed E-state index contributed by atoms with van der Waals surface area (Å²) in [6.45, 7) is 2.09. The molecule has 0 aliphatic heterocycles. The van der Waals surface area contributed by atoms with E-state index >= 15 is 0 Å². The Labute approximate surface area is 183 Å². The van der Waals surface area contributed by atoms with E-state index in [0.717, 1.165) is 16.9 Å². The van der Waals surface area contributed by atoms with Crippen molar-refractivity contribution in [1.29, 1.82) is 0 Å². The zero-order valence-corrected chi connectivity index (χ0v) is 11.2. The van der Waals surface area contributed by atoms with Crippen molar-refractivity contribution >= 4 is 80.9 Å². The number of benzene rings is 2. The molecule has 0 atom stereocenters. The molecule has 0 heterocycles. The Balaban J connectivity index is 0.00000220. The minimum absolute atomic E-state index is 0. The van der Waals surface area contributed by atoms with Crippen molar-refractivity contribution in [3.63, 3.8) is 0 Å². The zero-order chi connectivity index (χ0) is 14.4. The summed E-state index contributed by atoms with van der Waals surface area (Å²) in [5.41, 5.74) is 2.26. The van der Waals surface area contributed by atoms with Gasteiger partial charge in [-0.25, -0.2) is 4.79 Å². The van der Waals surface area contributed by atoms with Crippen LogP contribution in [0.4, 0.5) is 0 Å². The van der Waals surface area contributed by atoms with Crippen LogP contribution >= 0.6 is 0 Å². The van der Waals surface area contributed by atoms with Gasteiger partial charge < -0.3 is 9.84 Å². The van der Waals surface area contributed by atoms with Gasteiger partial charge in [0.25, 0.3) is 0 Å². The summed E-state index contributed by atoms with van der Waals surface area (Å²) in [7, 11) is 0. The third kappa shape index (κ3) is 6.42. The monoisotopic (exact) mass is 402 g/mol. The number of ether oxygens (including phenoxy) is 1. The van der Waals surface area contributed by atoms with E-state index in [9.17, 15) is 4.79 Å². The molecular weight excluding hydrogens is 385 g/mol. The van der Waals surface area contributed by atoms with Gasteiger partial charge in [0.15, 0.2) is 0 Å². The van der Waals surface area contributed by atoms with Crippen molar-refractivity contribution < 1.29 is 14.6 Å². The average molecular weight is 402 g/mol. The summed E-state index contributed by atoms with van der Waals surface area (Å²) in [5.74, 6) is -0.145. The van der Waals surface area contributed by atoms with Gasteiger partial charge in [0.05, 0.1) is 0 Å². The average Bonchev–Trinajstić information content (AvgIpc) is 2.47. The van der Waals surface area contributed by atoms with E-state index in [0.29, 0.717) is 12.2 Å². The van der Waals surface area contributed by atoms with Crippen molar-refractivity contribution in [2.75, 3.05) is 0 Å². The van der Waals surface area contributed by atoms with Crippen LogP contribution in [0.3, 0.4) is 0 Å². The minimum atomic E-state index is -0.908. The maximum absolute atomic E-state index is 10.7. The first kappa shape index (κ1) is 18.6. The standard InChI is InChI=1S/C17H16O3.Cs.H/c1-13(17(18)19)11-14-7-9-16(10-8-14)20-12-15-5-3-2-4-6-15;;/h2-11H,12H2,1H3,(H,18,19);;. The van der Waals surface area contributed by atoms with Crippen molar-refractivity contribution in [2.45, 2.75) is 13.5 Å². The first-order chi connectivity index (χ1) is 9.65. The van der Waals surface area contributed by atoms with Crippen molar-refractivity contribution in [2.24, 2.45) is 0 Å². The number of rotatable bonds is 5. The normalized spacial score (nSPS) is 10.6. The number of aliphatic carboxylic acids is 1. The molecule has 0 saturated heterocycles. The molecule has 0 aliphatic carbocycles. The molecule has 0 unspecified atom stereocenters. The van der Waals surface area contributed by atoms with Crippen LogP contribution in [0.15, 0.2) is 60.2 Å². The number of hydrogen-bond donors (Lipinski definition) is 1. The van der Waals surface area contributed by atoms with Gasteiger partial charge >= 0.3 is 74.9 Å². The molecule has 2 aromatic carbocycles. The van der Waals surface area contributed by atoms with Crippen LogP contribution in [0.2, 0.25) is 0 Å². The second kappa shape index (κ2) is 9.51. The molecule has 0 bridgehead atoms. The molecule has 4 heteroatoms. The fraction of sp³-hybridized carbons (Fsp3) is 0.118. The van der Waals surface area contributed by atoms with Gasteiger partial charge in [-0.15, -0.1) is 0 Å². The summed E-state index contributed by atoms with van der Waals surface area (Å²) in [6, 6.07) is 17.3. The predicted molar refractivity (Wildman–Crippen MR) is 85.7 cm³/mol. The molecule has 104 valence electrons. The summed E-state index contributed by atoms with van der Waals surface area (Å²) in [6.07, 6.45) is 1.63. The summed E-state index contributed by atoms with van der Waals surface area (Å²) in [5, 5.41) is 8.82. The van der Waals surface area contributed by atoms with E-state index in [1.54, 1.807) is 13.0 Å². The van der Waals surface area contributed by atoms with Crippen LogP contribution < -0.4 is 4.74 Å². The van der Waals surface area contributed by atoms with Gasteiger partial charge in [0.1, 0.15) is 12.4 Å². The zero-order valence-electron chi connectivity index (χ0n) is 11.2. The Morgan fingerprint density at radius 2 is 1.71 bits per heavy atom. The molecule has 1 N–H and O–H groups in total. The van der Waals surface area contributed by atoms with Crippen LogP contribution in [0.1, 0.15) is 18.1 Å². The second-order valence-electron chi connectivity index (χ2n) is 4.48. The number of hydrogen-bond acceptors (Lipinski definition) is 2. The van der Waals surface area contributed by atoms with E-state index in [1.165, 1.54) is 0 Å². The van der Waals surface area contributed by atoms with Gasteiger partial charge in [-0.05, 0) is 36.3 Å². The molecule has 0 radical (unpaired) electrons. The molecule has 0 amide bonds. The van der Waals surface area contributed by atoms with Gasteiger partial charge in [0.2, 0.25) is 0 Å². The second-order valence-corrected chi connectivity index (χ2v) is 4.48. The molecule has 21 heavy (non-hydrogen) atoms. The molecule has 2 aromatic rings. The van der Waals surface area contributed by atoms with Gasteiger partial charge in [-0.3, -0.25) is 0 Å². The molecule has 0 aromatic heterocycles. The van der Waals surface area contributed by atoms with Gasteiger partial charge in [0, 0.05) is 5.57 Å². The van der Waals surface area contributed by atoms with E-state index in [2.05, 4.69) is 0 Å². The Morgan fingerprint density at radius 3 is 2.29 bits per heavy atom. The first-order valence-corrected chi connectivity index (χ1v) is 6.33.